The van der Waals surface area contributed by atoms with Gasteiger partial charge in [-0.15, -0.1) is 0 Å². The van der Waals surface area contributed by atoms with Crippen molar-refractivity contribution in [2.45, 2.75) is 6.17 Å². The summed E-state index contributed by atoms with van der Waals surface area (Å²) in [5.74, 6) is 0. The van der Waals surface area contributed by atoms with Gasteiger partial charge in [0, 0.05) is 24.2 Å². The van der Waals surface area contributed by atoms with Crippen LogP contribution in [0.4, 0.5) is 11.4 Å². The minimum atomic E-state index is 0.143. The van der Waals surface area contributed by atoms with Gasteiger partial charge in [0.25, 0.3) is 0 Å². The fourth-order valence-corrected chi connectivity index (χ4v) is 2.83. The zero-order valence-corrected chi connectivity index (χ0v) is 11.2. The average molecular weight is 261 g/mol. The molecular formula is C17H15N3. The molecule has 1 atom stereocenters. The maximum atomic E-state index is 4.56. The van der Waals surface area contributed by atoms with E-state index in [9.17, 15) is 0 Å². The normalized spacial score (nSPS) is 17.1. The molecule has 0 saturated heterocycles. The Kier molecular flexibility index (Phi) is 2.39. The van der Waals surface area contributed by atoms with E-state index in [0.717, 1.165) is 5.52 Å². The van der Waals surface area contributed by atoms with E-state index >= 15 is 0 Å². The molecule has 0 amide bonds. The Balaban J connectivity index is 1.78. The molecule has 1 aliphatic rings. The Morgan fingerprint density at radius 1 is 1.05 bits per heavy atom. The molecule has 0 bridgehead atoms. The van der Waals surface area contributed by atoms with Crippen molar-refractivity contribution < 1.29 is 0 Å². The predicted molar refractivity (Wildman–Crippen MR) is 83.0 cm³/mol. The minimum Gasteiger partial charge on any atom is -0.360 e. The Morgan fingerprint density at radius 2 is 1.85 bits per heavy atom. The summed E-state index contributed by atoms with van der Waals surface area (Å²) in [6.07, 6.45) is 2.10. The van der Waals surface area contributed by atoms with Crippen LogP contribution in [-0.2, 0) is 0 Å². The average Bonchev–Trinajstić information content (AvgIpc) is 2.84. The van der Waals surface area contributed by atoms with Gasteiger partial charge in [0.05, 0.1) is 16.9 Å². The number of nitrogens with zero attached hydrogens (tertiary/aromatic N) is 2. The van der Waals surface area contributed by atoms with Crippen LogP contribution in [-0.4, -0.2) is 12.0 Å². The molecule has 1 aromatic heterocycles. The third-order valence-electron chi connectivity index (χ3n) is 3.89. The molecule has 0 spiro atoms. The van der Waals surface area contributed by atoms with E-state index in [0.29, 0.717) is 0 Å². The van der Waals surface area contributed by atoms with Crippen molar-refractivity contribution >= 4 is 22.3 Å². The lowest BCUT2D eigenvalue weighted by Crippen LogP contribution is -2.23. The van der Waals surface area contributed by atoms with Crippen LogP contribution in [0, 0.1) is 0 Å². The lowest BCUT2D eigenvalue weighted by Gasteiger charge is -2.22. The summed E-state index contributed by atoms with van der Waals surface area (Å²) < 4.78 is 0. The zero-order valence-electron chi connectivity index (χ0n) is 11.2. The van der Waals surface area contributed by atoms with E-state index in [-0.39, 0.29) is 6.17 Å². The lowest BCUT2D eigenvalue weighted by atomic mass is 10.1. The van der Waals surface area contributed by atoms with E-state index in [1.165, 1.54) is 22.3 Å². The van der Waals surface area contributed by atoms with Crippen LogP contribution in [0.15, 0.2) is 60.8 Å². The topological polar surface area (TPSA) is 28.2 Å². The number of hydrogen-bond acceptors (Lipinski definition) is 3. The third-order valence-corrected chi connectivity index (χ3v) is 3.89. The standard InChI is InChI=1S/C17H15N3/c1-20-16-9-5-4-8-15(16)19-17(20)13-10-12-6-2-3-7-14(12)18-11-13/h2-11,17,19H,1H3. The fraction of sp³-hybridized carbons (Fsp3) is 0.118. The number of nitrogens with one attached hydrogen (secondary N) is 1. The van der Waals surface area contributed by atoms with Crippen LogP contribution in [0.25, 0.3) is 10.9 Å². The van der Waals surface area contributed by atoms with E-state index < -0.39 is 0 Å². The quantitative estimate of drug-likeness (QED) is 0.722. The fourth-order valence-electron chi connectivity index (χ4n) is 2.83. The summed E-state index contributed by atoms with van der Waals surface area (Å²) in [5, 5.41) is 4.73. The van der Waals surface area contributed by atoms with Gasteiger partial charge in [-0.25, -0.2) is 0 Å². The number of aromatic nitrogens is 1. The number of fused-ring (bicyclic) bond motifs is 2. The number of anilines is 2. The highest BCUT2D eigenvalue weighted by molar-refractivity contribution is 5.81. The van der Waals surface area contributed by atoms with Crippen molar-refractivity contribution in [2.24, 2.45) is 0 Å². The van der Waals surface area contributed by atoms with Crippen LogP contribution in [0.1, 0.15) is 11.7 Å². The van der Waals surface area contributed by atoms with Crippen molar-refractivity contribution in [1.29, 1.82) is 0 Å². The molecule has 1 unspecified atom stereocenters. The van der Waals surface area contributed by atoms with Gasteiger partial charge < -0.3 is 10.2 Å². The first-order chi connectivity index (χ1) is 9.83. The number of hydrogen-bond donors (Lipinski definition) is 1. The van der Waals surface area contributed by atoms with Gasteiger partial charge in [-0.2, -0.15) is 0 Å². The molecule has 1 N–H and O–H groups in total. The van der Waals surface area contributed by atoms with Crippen LogP contribution in [0.3, 0.4) is 0 Å². The van der Waals surface area contributed by atoms with Gasteiger partial charge in [-0.3, -0.25) is 4.98 Å². The van der Waals surface area contributed by atoms with Crippen molar-refractivity contribution in [3.8, 4) is 0 Å². The molecule has 2 aromatic carbocycles. The summed E-state index contributed by atoms with van der Waals surface area (Å²) in [4.78, 5) is 6.81. The largest absolute Gasteiger partial charge is 0.360 e. The molecule has 0 saturated carbocycles. The maximum absolute atomic E-state index is 4.56. The Bertz CT molecular complexity index is 782. The second kappa shape index (κ2) is 4.23. The molecule has 3 nitrogen and oxygen atoms in total. The Hall–Kier alpha value is -2.55. The minimum absolute atomic E-state index is 0.143. The summed E-state index contributed by atoms with van der Waals surface area (Å²) in [7, 11) is 2.11. The highest BCUT2D eigenvalue weighted by Crippen LogP contribution is 2.39. The van der Waals surface area contributed by atoms with Gasteiger partial charge in [-0.1, -0.05) is 30.3 Å². The Morgan fingerprint density at radius 3 is 2.75 bits per heavy atom. The number of para-hydroxylation sites is 3. The van der Waals surface area contributed by atoms with Crippen LogP contribution in [0.2, 0.25) is 0 Å². The van der Waals surface area contributed by atoms with Crippen LogP contribution < -0.4 is 10.2 Å². The molecule has 4 rings (SSSR count). The van der Waals surface area contributed by atoms with Gasteiger partial charge in [0.15, 0.2) is 0 Å². The third kappa shape index (κ3) is 1.63. The number of rotatable bonds is 1. The van der Waals surface area contributed by atoms with Crippen molar-refractivity contribution in [3.63, 3.8) is 0 Å². The van der Waals surface area contributed by atoms with Crippen molar-refractivity contribution in [3.05, 3.63) is 66.4 Å². The molecule has 20 heavy (non-hydrogen) atoms. The van der Waals surface area contributed by atoms with E-state index in [4.69, 9.17) is 0 Å². The second-order valence-corrected chi connectivity index (χ2v) is 5.14. The molecular weight excluding hydrogens is 246 g/mol. The summed E-state index contributed by atoms with van der Waals surface area (Å²) in [6, 6.07) is 18.8. The molecule has 0 radical (unpaired) electrons. The first-order valence-corrected chi connectivity index (χ1v) is 6.76. The van der Waals surface area contributed by atoms with Crippen LogP contribution in [0.5, 0.6) is 0 Å². The van der Waals surface area contributed by atoms with Gasteiger partial charge in [0.1, 0.15) is 6.17 Å². The maximum Gasteiger partial charge on any atom is 0.127 e. The smallest absolute Gasteiger partial charge is 0.127 e. The highest BCUT2D eigenvalue weighted by atomic mass is 15.3. The second-order valence-electron chi connectivity index (χ2n) is 5.14. The molecule has 98 valence electrons. The van der Waals surface area contributed by atoms with Gasteiger partial charge in [-0.05, 0) is 24.3 Å². The predicted octanol–water partition coefficient (Wildman–Crippen LogP) is 3.80. The van der Waals surface area contributed by atoms with Crippen LogP contribution >= 0.6 is 0 Å². The number of benzene rings is 2. The van der Waals surface area contributed by atoms with Gasteiger partial charge >= 0.3 is 0 Å². The molecule has 2 heterocycles. The summed E-state index contributed by atoms with van der Waals surface area (Å²) >= 11 is 0. The molecule has 0 aliphatic carbocycles. The van der Waals surface area contributed by atoms with E-state index in [1.54, 1.807) is 0 Å². The monoisotopic (exact) mass is 261 g/mol. The highest BCUT2D eigenvalue weighted by Gasteiger charge is 2.26. The van der Waals surface area contributed by atoms with Crippen molar-refractivity contribution in [2.75, 3.05) is 17.3 Å². The molecule has 3 heteroatoms. The van der Waals surface area contributed by atoms with Crippen molar-refractivity contribution in [1.82, 2.24) is 4.98 Å². The first-order valence-electron chi connectivity index (χ1n) is 6.76. The SMILES string of the molecule is CN1c2ccccc2NC1c1cnc2ccccc2c1. The number of pyridine rings is 1. The summed E-state index contributed by atoms with van der Waals surface area (Å²) in [6.45, 7) is 0. The first kappa shape index (κ1) is 11.3. The zero-order chi connectivity index (χ0) is 13.5. The summed E-state index contributed by atoms with van der Waals surface area (Å²) in [5.41, 5.74) is 4.62. The molecule has 3 aromatic rings. The van der Waals surface area contributed by atoms with Gasteiger partial charge in [0.2, 0.25) is 0 Å². The lowest BCUT2D eigenvalue weighted by molar-refractivity contribution is 0.789. The molecule has 1 aliphatic heterocycles. The van der Waals surface area contributed by atoms with E-state index in [2.05, 4.69) is 58.6 Å². The Labute approximate surface area is 117 Å². The van der Waals surface area contributed by atoms with E-state index in [1.807, 2.05) is 24.4 Å². The molecule has 0 fully saturated rings.